The van der Waals surface area contributed by atoms with Crippen molar-refractivity contribution in [2.45, 2.75) is 25.3 Å². The fraction of sp³-hybridized carbons (Fsp3) is 0.400. The smallest absolute Gasteiger partial charge is 0.143 e. The van der Waals surface area contributed by atoms with Crippen LogP contribution in [0.4, 0.5) is 5.82 Å². The van der Waals surface area contributed by atoms with Crippen LogP contribution in [0.1, 0.15) is 19.3 Å². The van der Waals surface area contributed by atoms with E-state index < -0.39 is 0 Å². The lowest BCUT2D eigenvalue weighted by Gasteiger charge is -2.20. The second-order valence-electron chi connectivity index (χ2n) is 3.35. The molecule has 1 aliphatic carbocycles. The van der Waals surface area contributed by atoms with E-state index in [2.05, 4.69) is 43.4 Å². The molecule has 1 N–H and O–H groups in total. The molecule has 1 unspecified atom stereocenters. The zero-order valence-electron chi connectivity index (χ0n) is 7.78. The van der Waals surface area contributed by atoms with Gasteiger partial charge in [0, 0.05) is 12.2 Å². The molecule has 2 rings (SSSR count). The minimum atomic E-state index is 0.506. The van der Waals surface area contributed by atoms with Gasteiger partial charge < -0.3 is 5.32 Å². The van der Waals surface area contributed by atoms with Crippen molar-refractivity contribution in [2.24, 2.45) is 0 Å². The van der Waals surface area contributed by atoms with Crippen LogP contribution >= 0.6 is 15.9 Å². The van der Waals surface area contributed by atoms with Gasteiger partial charge in [-0.25, -0.2) is 9.97 Å². The van der Waals surface area contributed by atoms with Crippen LogP contribution in [0.15, 0.2) is 29.1 Å². The first kappa shape index (κ1) is 9.65. The first-order valence-electron chi connectivity index (χ1n) is 4.73. The molecule has 1 atom stereocenters. The third kappa shape index (κ3) is 2.32. The predicted octanol–water partition coefficient (Wildman–Crippen LogP) is 2.76. The number of allylic oxidation sites excluding steroid dienone is 1. The van der Waals surface area contributed by atoms with Crippen molar-refractivity contribution in [1.82, 2.24) is 9.97 Å². The molecule has 0 aromatic carbocycles. The zero-order chi connectivity index (χ0) is 9.80. The van der Waals surface area contributed by atoms with Crippen LogP contribution in [0.25, 0.3) is 0 Å². The Balaban J connectivity index is 2.03. The van der Waals surface area contributed by atoms with Gasteiger partial charge >= 0.3 is 0 Å². The lowest BCUT2D eigenvalue weighted by molar-refractivity contribution is 0.641. The maximum atomic E-state index is 4.18. The zero-order valence-corrected chi connectivity index (χ0v) is 9.37. The Morgan fingerprint density at radius 2 is 2.36 bits per heavy atom. The summed E-state index contributed by atoms with van der Waals surface area (Å²) in [6, 6.07) is 0.506. The van der Waals surface area contributed by atoms with Gasteiger partial charge in [-0.3, -0.25) is 0 Å². The number of nitrogens with zero attached hydrogens (tertiary/aromatic N) is 2. The molecule has 1 aliphatic rings. The highest BCUT2D eigenvalue weighted by atomic mass is 79.9. The molecule has 0 aliphatic heterocycles. The van der Waals surface area contributed by atoms with Crippen molar-refractivity contribution in [2.75, 3.05) is 5.32 Å². The standard InChI is InChI=1S/C10H12BrN3/c11-9-6-12-7-13-10(9)14-8-4-2-1-3-5-8/h1-2,6-8H,3-5H2,(H,12,13,14). The summed E-state index contributed by atoms with van der Waals surface area (Å²) in [5.41, 5.74) is 0. The summed E-state index contributed by atoms with van der Waals surface area (Å²) in [7, 11) is 0. The van der Waals surface area contributed by atoms with Gasteiger partial charge in [-0.15, -0.1) is 0 Å². The van der Waals surface area contributed by atoms with Crippen LogP contribution in [0.2, 0.25) is 0 Å². The van der Waals surface area contributed by atoms with Gasteiger partial charge in [0.25, 0.3) is 0 Å². The molecular formula is C10H12BrN3. The fourth-order valence-corrected chi connectivity index (χ4v) is 1.87. The van der Waals surface area contributed by atoms with Crippen molar-refractivity contribution < 1.29 is 0 Å². The molecule has 1 aromatic heterocycles. The highest BCUT2D eigenvalue weighted by Gasteiger charge is 2.11. The third-order valence-corrected chi connectivity index (χ3v) is 2.86. The normalized spacial score (nSPS) is 20.8. The van der Waals surface area contributed by atoms with Gasteiger partial charge in [-0.1, -0.05) is 12.2 Å². The number of anilines is 1. The fourth-order valence-electron chi connectivity index (χ4n) is 1.54. The highest BCUT2D eigenvalue weighted by molar-refractivity contribution is 9.10. The average molecular weight is 254 g/mol. The Morgan fingerprint density at radius 3 is 3.07 bits per heavy atom. The summed E-state index contributed by atoms with van der Waals surface area (Å²) < 4.78 is 0.926. The van der Waals surface area contributed by atoms with Gasteiger partial charge in [-0.2, -0.15) is 0 Å². The SMILES string of the molecule is Brc1cncnc1NC1CC=CCC1. The van der Waals surface area contributed by atoms with E-state index in [4.69, 9.17) is 0 Å². The molecule has 0 radical (unpaired) electrons. The summed E-state index contributed by atoms with van der Waals surface area (Å²) in [6.45, 7) is 0. The molecule has 0 saturated heterocycles. The second-order valence-corrected chi connectivity index (χ2v) is 4.20. The van der Waals surface area contributed by atoms with Crippen LogP contribution < -0.4 is 5.32 Å². The first-order chi connectivity index (χ1) is 6.86. The number of halogens is 1. The van der Waals surface area contributed by atoms with E-state index in [1.54, 1.807) is 12.5 Å². The van der Waals surface area contributed by atoms with Crippen LogP contribution in [0.5, 0.6) is 0 Å². The number of nitrogens with one attached hydrogen (secondary N) is 1. The van der Waals surface area contributed by atoms with Crippen molar-refractivity contribution in [3.63, 3.8) is 0 Å². The quantitative estimate of drug-likeness (QED) is 0.824. The van der Waals surface area contributed by atoms with Gasteiger partial charge in [0.05, 0.1) is 4.47 Å². The Labute approximate surface area is 91.8 Å². The number of hydrogen-bond donors (Lipinski definition) is 1. The molecule has 0 saturated carbocycles. The molecular weight excluding hydrogens is 242 g/mol. The molecule has 3 nitrogen and oxygen atoms in total. The number of aromatic nitrogens is 2. The Kier molecular flexibility index (Phi) is 3.14. The van der Waals surface area contributed by atoms with Crippen molar-refractivity contribution in [3.05, 3.63) is 29.1 Å². The van der Waals surface area contributed by atoms with E-state index in [-0.39, 0.29) is 0 Å². The lowest BCUT2D eigenvalue weighted by atomic mass is 10.0. The second kappa shape index (κ2) is 4.55. The molecule has 14 heavy (non-hydrogen) atoms. The van der Waals surface area contributed by atoms with Gasteiger partial charge in [0.1, 0.15) is 12.1 Å². The van der Waals surface area contributed by atoms with Crippen LogP contribution in [-0.4, -0.2) is 16.0 Å². The van der Waals surface area contributed by atoms with Crippen LogP contribution in [0.3, 0.4) is 0 Å². The summed E-state index contributed by atoms with van der Waals surface area (Å²) in [4.78, 5) is 8.11. The van der Waals surface area contributed by atoms with E-state index in [0.29, 0.717) is 6.04 Å². The molecule has 0 spiro atoms. The maximum absolute atomic E-state index is 4.18. The minimum absolute atomic E-state index is 0.506. The summed E-state index contributed by atoms with van der Waals surface area (Å²) in [6.07, 6.45) is 11.2. The first-order valence-corrected chi connectivity index (χ1v) is 5.52. The summed E-state index contributed by atoms with van der Waals surface area (Å²) in [5.74, 6) is 0.889. The molecule has 1 aromatic rings. The van der Waals surface area contributed by atoms with Gasteiger partial charge in [0.15, 0.2) is 0 Å². The summed E-state index contributed by atoms with van der Waals surface area (Å²) in [5, 5.41) is 3.40. The molecule has 1 heterocycles. The van der Waals surface area contributed by atoms with E-state index >= 15 is 0 Å². The maximum Gasteiger partial charge on any atom is 0.143 e. The molecule has 0 amide bonds. The van der Waals surface area contributed by atoms with Crippen molar-refractivity contribution in [3.8, 4) is 0 Å². The van der Waals surface area contributed by atoms with E-state index in [1.807, 2.05) is 0 Å². The highest BCUT2D eigenvalue weighted by Crippen LogP contribution is 2.21. The van der Waals surface area contributed by atoms with E-state index in [0.717, 1.165) is 23.1 Å². The molecule has 0 bridgehead atoms. The molecule has 0 fully saturated rings. The van der Waals surface area contributed by atoms with Crippen LogP contribution in [-0.2, 0) is 0 Å². The monoisotopic (exact) mass is 253 g/mol. The molecule has 4 heteroatoms. The third-order valence-electron chi connectivity index (χ3n) is 2.28. The lowest BCUT2D eigenvalue weighted by Crippen LogP contribution is -2.21. The Morgan fingerprint density at radius 1 is 1.43 bits per heavy atom. The van der Waals surface area contributed by atoms with Crippen LogP contribution in [0, 0.1) is 0 Å². The number of hydrogen-bond acceptors (Lipinski definition) is 3. The number of rotatable bonds is 2. The van der Waals surface area contributed by atoms with Gasteiger partial charge in [0.2, 0.25) is 0 Å². The van der Waals surface area contributed by atoms with E-state index in [9.17, 15) is 0 Å². The topological polar surface area (TPSA) is 37.8 Å². The average Bonchev–Trinajstić information content (AvgIpc) is 2.23. The minimum Gasteiger partial charge on any atom is -0.366 e. The predicted molar refractivity (Wildman–Crippen MR) is 60.1 cm³/mol. The molecule has 74 valence electrons. The van der Waals surface area contributed by atoms with Crippen molar-refractivity contribution in [1.29, 1.82) is 0 Å². The van der Waals surface area contributed by atoms with Crippen molar-refractivity contribution >= 4 is 21.7 Å². The van der Waals surface area contributed by atoms with E-state index in [1.165, 1.54) is 6.42 Å². The Hall–Kier alpha value is -0.900. The largest absolute Gasteiger partial charge is 0.366 e. The summed E-state index contributed by atoms with van der Waals surface area (Å²) >= 11 is 3.42. The van der Waals surface area contributed by atoms with Gasteiger partial charge in [-0.05, 0) is 35.2 Å². The Bertz CT molecular complexity index is 338.